The Labute approximate surface area is 137 Å². The molecule has 0 aliphatic heterocycles. The number of hydrogen-bond donors (Lipinski definition) is 0. The van der Waals surface area contributed by atoms with Crippen LogP contribution in [0.3, 0.4) is 0 Å². The van der Waals surface area contributed by atoms with E-state index in [1.807, 2.05) is 6.07 Å². The molecule has 0 fully saturated rings. The molecule has 0 radical (unpaired) electrons. The molecular weight excluding hydrogens is 333 g/mol. The number of para-hydroxylation sites is 2. The molecule has 2 aromatic carbocycles. The van der Waals surface area contributed by atoms with Crippen LogP contribution in [0.15, 0.2) is 47.3 Å². The van der Waals surface area contributed by atoms with Crippen molar-refractivity contribution in [2.24, 2.45) is 0 Å². The van der Waals surface area contributed by atoms with E-state index in [0.29, 0.717) is 16.0 Å². The zero-order chi connectivity index (χ0) is 16.8. The number of hydrogen-bond acceptors (Lipinski definition) is 5. The second-order valence-corrected chi connectivity index (χ2v) is 6.11. The number of non-ortho nitro benzene ring substituents is 1. The molecule has 2 aromatic heterocycles. The Morgan fingerprint density at radius 1 is 1.25 bits per heavy atom. The van der Waals surface area contributed by atoms with E-state index < -0.39 is 10.7 Å². The maximum Gasteiger partial charge on any atom is 0.274 e. The highest BCUT2D eigenvalue weighted by atomic mass is 32.1. The fourth-order valence-electron chi connectivity index (χ4n) is 2.51. The van der Waals surface area contributed by atoms with Gasteiger partial charge < -0.3 is 0 Å². The van der Waals surface area contributed by atoms with Gasteiger partial charge in [0.25, 0.3) is 11.2 Å². The summed E-state index contributed by atoms with van der Waals surface area (Å²) in [7, 11) is 0. The van der Waals surface area contributed by atoms with Crippen molar-refractivity contribution in [3.05, 3.63) is 78.8 Å². The summed E-state index contributed by atoms with van der Waals surface area (Å²) in [6.45, 7) is 0. The van der Waals surface area contributed by atoms with Gasteiger partial charge in [0.15, 0.2) is 4.96 Å². The molecule has 0 unspecified atom stereocenters. The molecule has 4 aromatic rings. The van der Waals surface area contributed by atoms with Crippen molar-refractivity contribution in [2.75, 3.05) is 0 Å². The van der Waals surface area contributed by atoms with Crippen molar-refractivity contribution < 1.29 is 9.31 Å². The Balaban J connectivity index is 1.99. The average Bonchev–Trinajstić information content (AvgIpc) is 3.06. The van der Waals surface area contributed by atoms with E-state index in [2.05, 4.69) is 4.98 Å². The molecule has 0 amide bonds. The lowest BCUT2D eigenvalue weighted by atomic mass is 10.2. The van der Waals surface area contributed by atoms with Gasteiger partial charge in [0, 0.05) is 17.7 Å². The first kappa shape index (κ1) is 14.5. The van der Waals surface area contributed by atoms with E-state index in [9.17, 15) is 19.3 Å². The Kier molecular flexibility index (Phi) is 3.14. The first-order valence-electron chi connectivity index (χ1n) is 6.90. The van der Waals surface area contributed by atoms with Crippen molar-refractivity contribution in [2.45, 2.75) is 0 Å². The van der Waals surface area contributed by atoms with Crippen LogP contribution in [-0.4, -0.2) is 14.3 Å². The van der Waals surface area contributed by atoms with Gasteiger partial charge in [-0.2, -0.15) is 0 Å². The standard InChI is InChI=1S/C16H8FN3O3S/c17-11-6-5-10(20(22)23)7-9(11)8-14-15(21)19-13-4-2-1-3-12(13)18-16(19)24-14/h1-8H/b14-8-. The Morgan fingerprint density at radius 2 is 2.04 bits per heavy atom. The molecule has 0 bridgehead atoms. The van der Waals surface area contributed by atoms with Crippen molar-refractivity contribution >= 4 is 39.1 Å². The zero-order valence-corrected chi connectivity index (χ0v) is 12.8. The van der Waals surface area contributed by atoms with Crippen LogP contribution in [0.2, 0.25) is 0 Å². The number of nitro benzene ring substituents is 1. The summed E-state index contributed by atoms with van der Waals surface area (Å²) in [4.78, 5) is 27.7. The van der Waals surface area contributed by atoms with Crippen LogP contribution >= 0.6 is 11.3 Å². The lowest BCUT2D eigenvalue weighted by Crippen LogP contribution is -2.22. The summed E-state index contributed by atoms with van der Waals surface area (Å²) in [5.41, 5.74) is 0.813. The SMILES string of the molecule is O=c1/c(=C/c2cc([N+](=O)[O-])ccc2F)sc2nc3ccccc3n12. The summed E-state index contributed by atoms with van der Waals surface area (Å²) in [6, 6.07) is 10.4. The number of thiazole rings is 1. The van der Waals surface area contributed by atoms with Crippen LogP contribution in [-0.2, 0) is 0 Å². The minimum absolute atomic E-state index is 0.00453. The van der Waals surface area contributed by atoms with E-state index in [4.69, 9.17) is 0 Å². The van der Waals surface area contributed by atoms with E-state index >= 15 is 0 Å². The minimum Gasteiger partial charge on any atom is -0.267 e. The van der Waals surface area contributed by atoms with Crippen molar-refractivity contribution in [3.63, 3.8) is 0 Å². The maximum absolute atomic E-state index is 13.9. The van der Waals surface area contributed by atoms with Crippen LogP contribution in [0.5, 0.6) is 0 Å². The highest BCUT2D eigenvalue weighted by molar-refractivity contribution is 7.15. The molecule has 6 nitrogen and oxygen atoms in total. The second-order valence-electron chi connectivity index (χ2n) is 5.10. The highest BCUT2D eigenvalue weighted by Crippen LogP contribution is 2.18. The van der Waals surface area contributed by atoms with E-state index in [0.717, 1.165) is 29.5 Å². The van der Waals surface area contributed by atoms with Crippen LogP contribution in [0.4, 0.5) is 10.1 Å². The lowest BCUT2D eigenvalue weighted by Gasteiger charge is -1.96. The molecule has 8 heteroatoms. The third-order valence-corrected chi connectivity index (χ3v) is 4.59. The molecule has 118 valence electrons. The van der Waals surface area contributed by atoms with Gasteiger partial charge in [-0.3, -0.25) is 14.9 Å². The summed E-state index contributed by atoms with van der Waals surface area (Å²) in [5, 5.41) is 10.8. The summed E-state index contributed by atoms with van der Waals surface area (Å²) in [5.74, 6) is -0.629. The highest BCUT2D eigenvalue weighted by Gasteiger charge is 2.13. The molecule has 0 N–H and O–H groups in total. The Bertz CT molecular complexity index is 1230. The van der Waals surface area contributed by atoms with Gasteiger partial charge in [0.05, 0.1) is 20.5 Å². The van der Waals surface area contributed by atoms with Crippen molar-refractivity contribution in [1.29, 1.82) is 0 Å². The molecule has 0 saturated heterocycles. The smallest absolute Gasteiger partial charge is 0.267 e. The molecule has 2 heterocycles. The Hall–Kier alpha value is -3.13. The molecule has 0 atom stereocenters. The molecule has 0 aliphatic rings. The maximum atomic E-state index is 13.9. The first-order valence-corrected chi connectivity index (χ1v) is 7.72. The fourth-order valence-corrected chi connectivity index (χ4v) is 3.49. The van der Waals surface area contributed by atoms with Crippen LogP contribution in [0.1, 0.15) is 5.56 Å². The topological polar surface area (TPSA) is 77.5 Å². The van der Waals surface area contributed by atoms with Gasteiger partial charge in [0.1, 0.15) is 5.82 Å². The van der Waals surface area contributed by atoms with Gasteiger partial charge >= 0.3 is 0 Å². The van der Waals surface area contributed by atoms with Crippen molar-refractivity contribution in [3.8, 4) is 0 Å². The summed E-state index contributed by atoms with van der Waals surface area (Å²) < 4.78 is 15.6. The number of rotatable bonds is 2. The average molecular weight is 341 g/mol. The summed E-state index contributed by atoms with van der Waals surface area (Å²) in [6.07, 6.45) is 1.32. The van der Waals surface area contributed by atoms with Gasteiger partial charge in [-0.05, 0) is 24.3 Å². The molecule has 0 aliphatic carbocycles. The van der Waals surface area contributed by atoms with Crippen molar-refractivity contribution in [1.82, 2.24) is 9.38 Å². The third-order valence-electron chi connectivity index (χ3n) is 3.62. The number of nitrogens with zero attached hydrogens (tertiary/aromatic N) is 3. The predicted octanol–water partition coefficient (Wildman–Crippen LogP) is 2.50. The quantitative estimate of drug-likeness (QED) is 0.415. The van der Waals surface area contributed by atoms with Gasteiger partial charge in [-0.15, -0.1) is 0 Å². The predicted molar refractivity (Wildman–Crippen MR) is 88.7 cm³/mol. The fraction of sp³-hybridized carbons (Fsp3) is 0. The largest absolute Gasteiger partial charge is 0.274 e. The van der Waals surface area contributed by atoms with E-state index in [1.54, 1.807) is 18.2 Å². The lowest BCUT2D eigenvalue weighted by molar-refractivity contribution is -0.384. The Morgan fingerprint density at radius 3 is 2.83 bits per heavy atom. The number of imidazole rings is 1. The molecule has 0 spiro atoms. The van der Waals surface area contributed by atoms with Gasteiger partial charge in [0.2, 0.25) is 0 Å². The molecule has 24 heavy (non-hydrogen) atoms. The number of nitro groups is 1. The number of fused-ring (bicyclic) bond motifs is 3. The number of aromatic nitrogens is 2. The van der Waals surface area contributed by atoms with E-state index in [1.165, 1.54) is 10.5 Å². The zero-order valence-electron chi connectivity index (χ0n) is 12.0. The van der Waals surface area contributed by atoms with Gasteiger partial charge in [-0.25, -0.2) is 13.8 Å². The third kappa shape index (κ3) is 2.16. The van der Waals surface area contributed by atoms with E-state index in [-0.39, 0.29) is 21.3 Å². The number of benzene rings is 2. The monoisotopic (exact) mass is 341 g/mol. The second kappa shape index (κ2) is 5.20. The molecule has 0 saturated carbocycles. The normalized spacial score (nSPS) is 12.3. The number of halogens is 1. The van der Waals surface area contributed by atoms with Crippen LogP contribution in [0, 0.1) is 15.9 Å². The van der Waals surface area contributed by atoms with Crippen LogP contribution < -0.4 is 10.1 Å². The van der Waals surface area contributed by atoms with Gasteiger partial charge in [-0.1, -0.05) is 23.5 Å². The summed E-state index contributed by atoms with van der Waals surface area (Å²) >= 11 is 1.11. The molecule has 4 rings (SSSR count). The van der Waals surface area contributed by atoms with Crippen LogP contribution in [0.25, 0.3) is 22.1 Å². The first-order chi connectivity index (χ1) is 11.5. The molecular formula is C16H8FN3O3S. The minimum atomic E-state index is -0.629.